The van der Waals surface area contributed by atoms with Gasteiger partial charge < -0.3 is 0 Å². The molecule has 0 aliphatic carbocycles. The molecule has 1 radical (unpaired) electrons. The van der Waals surface area contributed by atoms with Crippen molar-refractivity contribution in [3.8, 4) is 0 Å². The Labute approximate surface area is 70.6 Å². The van der Waals surface area contributed by atoms with Crippen molar-refractivity contribution < 1.29 is 22.4 Å². The van der Waals surface area contributed by atoms with Crippen molar-refractivity contribution in [3.63, 3.8) is 0 Å². The van der Waals surface area contributed by atoms with Crippen LogP contribution in [0.4, 0.5) is 0 Å². The first kappa shape index (κ1) is 16.3. The molecule has 0 heterocycles. The van der Waals surface area contributed by atoms with Crippen LogP contribution in [-0.4, -0.2) is 0 Å². The van der Waals surface area contributed by atoms with Crippen molar-refractivity contribution in [2.45, 2.75) is 0 Å². The Morgan fingerprint density at radius 1 is 1.25 bits per heavy atom. The Morgan fingerprint density at radius 2 is 1.25 bits per heavy atom. The molecule has 0 atom stereocenters. The summed E-state index contributed by atoms with van der Waals surface area (Å²) in [5.41, 5.74) is 0. The first-order valence-electron chi connectivity index (χ1n) is 0.143. The second-order valence-corrected chi connectivity index (χ2v) is 0. The van der Waals surface area contributed by atoms with Crippen LogP contribution in [0.5, 0.6) is 0 Å². The zero-order valence-electron chi connectivity index (χ0n) is 1.47. The molecule has 0 N–H and O–H groups in total. The van der Waals surface area contributed by atoms with E-state index >= 15 is 0 Å². The molecule has 0 aromatic heterocycles. The van der Waals surface area contributed by atoms with E-state index in [2.05, 4.69) is 25.1 Å². The second kappa shape index (κ2) is 18.8. The van der Waals surface area contributed by atoms with Crippen LogP contribution >= 0.6 is 49.1 Å². The van der Waals surface area contributed by atoms with Crippen LogP contribution in [0, 0.1) is 0 Å². The van der Waals surface area contributed by atoms with Gasteiger partial charge in [0.05, 0.1) is 0 Å². The van der Waals surface area contributed by atoms with E-state index in [9.17, 15) is 0 Å². The summed E-state index contributed by atoms with van der Waals surface area (Å²) in [5.74, 6) is 0. The monoisotopic (exact) mass is 349 g/mol. The Kier molecular flexibility index (Phi) is 76.6. The van der Waals surface area contributed by atoms with E-state index in [-0.39, 0.29) is 46.4 Å². The van der Waals surface area contributed by atoms with Crippen LogP contribution in [-0.2, 0) is 22.4 Å². The van der Waals surface area contributed by atoms with Crippen LogP contribution < -0.4 is 0 Å². The van der Waals surface area contributed by atoms with Crippen molar-refractivity contribution in [1.29, 1.82) is 0 Å². The van der Waals surface area contributed by atoms with Gasteiger partial charge in [-0.3, -0.25) is 0 Å². The van der Waals surface area contributed by atoms with E-state index < -0.39 is 0 Å². The molecule has 0 saturated carbocycles. The summed E-state index contributed by atoms with van der Waals surface area (Å²) in [6.45, 7) is 0. The van der Waals surface area contributed by atoms with E-state index in [1.165, 1.54) is 0 Å². The van der Waals surface area contributed by atoms with Crippen LogP contribution in [0.3, 0.4) is 0 Å². The molecular formula is HAgBrClI. The van der Waals surface area contributed by atoms with E-state index in [4.69, 9.17) is 0 Å². The average molecular weight is 351 g/mol. The molecule has 0 aromatic carbocycles. The van der Waals surface area contributed by atoms with Crippen LogP contribution in [0.1, 0.15) is 0 Å². The number of hydrogen-bond acceptors (Lipinski definition) is 0. The summed E-state index contributed by atoms with van der Waals surface area (Å²) in [7, 11) is 4.45. The molecule has 0 fully saturated rings. The third kappa shape index (κ3) is 8.87. The third-order valence-electron chi connectivity index (χ3n) is 0. The van der Waals surface area contributed by atoms with Gasteiger partial charge in [0.1, 0.15) is 0 Å². The summed E-state index contributed by atoms with van der Waals surface area (Å²) in [5, 5.41) is 0. The van der Waals surface area contributed by atoms with Crippen LogP contribution in [0.25, 0.3) is 0 Å². The van der Waals surface area contributed by atoms with Gasteiger partial charge in [0.25, 0.3) is 0 Å². The molecular weight excluding hydrogens is 350 g/mol. The minimum Gasteiger partial charge on any atom is -0.107 e. The Morgan fingerprint density at radius 3 is 1.25 bits per heavy atom. The molecule has 0 aliphatic heterocycles. The zero-order chi connectivity index (χ0) is 2.00. The predicted molar refractivity (Wildman–Crippen MR) is 30.2 cm³/mol. The van der Waals surface area contributed by atoms with Crippen molar-refractivity contribution in [3.05, 3.63) is 0 Å². The van der Waals surface area contributed by atoms with Gasteiger partial charge in [0.15, 0.2) is 0 Å². The molecule has 0 nitrogen and oxygen atoms in total. The minimum atomic E-state index is 0. The molecule has 0 unspecified atom stereocenters. The van der Waals surface area contributed by atoms with Gasteiger partial charge >= 0.3 is 0 Å². The SMILES string of the molecule is ClBr.I.[Ag]. The minimum absolute atomic E-state index is 0. The smallest absolute Gasteiger partial charge is 0.0341 e. The van der Waals surface area contributed by atoms with Gasteiger partial charge in [-0.2, -0.15) is 0 Å². The summed E-state index contributed by atoms with van der Waals surface area (Å²) in [6, 6.07) is 0. The average Bonchev–Trinajstić information content (AvgIpc) is 1.00. The molecule has 0 spiro atoms. The van der Waals surface area contributed by atoms with Gasteiger partial charge in [0, 0.05) is 37.4 Å². The molecule has 0 amide bonds. The van der Waals surface area contributed by atoms with Crippen molar-refractivity contribution >= 4 is 49.1 Å². The van der Waals surface area contributed by atoms with Gasteiger partial charge in [-0.15, -0.1) is 24.0 Å². The molecule has 4 heavy (non-hydrogen) atoms. The number of rotatable bonds is 0. The second-order valence-electron chi connectivity index (χ2n) is 0. The number of hydrogen-bond donors (Lipinski definition) is 0. The molecule has 4 heteroatoms. The summed E-state index contributed by atoms with van der Waals surface area (Å²) in [4.78, 5) is 0. The van der Waals surface area contributed by atoms with Gasteiger partial charge in [-0.05, 0) is 10.1 Å². The van der Waals surface area contributed by atoms with Gasteiger partial charge in [-0.25, -0.2) is 0 Å². The molecule has 0 bridgehead atoms. The Balaban J connectivity index is -0.00000000500. The van der Waals surface area contributed by atoms with E-state index in [0.29, 0.717) is 0 Å². The summed E-state index contributed by atoms with van der Waals surface area (Å²) < 4.78 is 0. The van der Waals surface area contributed by atoms with Crippen molar-refractivity contribution in [2.75, 3.05) is 0 Å². The largest absolute Gasteiger partial charge is 0.107 e. The topological polar surface area (TPSA) is 0 Å². The zero-order valence-corrected chi connectivity index (χ0v) is 7.62. The predicted octanol–water partition coefficient (Wildman–Crippen LogP) is 2.15. The number of halogens is 3. The molecule has 0 rings (SSSR count). The van der Waals surface area contributed by atoms with E-state index in [0.717, 1.165) is 0 Å². The van der Waals surface area contributed by atoms with Gasteiger partial charge in [0.2, 0.25) is 0 Å². The Bertz CT molecular complexity index is 8.00. The molecule has 0 aromatic rings. The maximum Gasteiger partial charge on any atom is 0.0341 e. The first-order valence-corrected chi connectivity index (χ1v) is 2.23. The van der Waals surface area contributed by atoms with Crippen LogP contribution in [0.2, 0.25) is 0 Å². The standard InChI is InChI=1S/Ag.BrCl.HI/c;1-2;/h;;1H. The molecule has 33 valence electrons. The van der Waals surface area contributed by atoms with E-state index in [1.54, 1.807) is 0 Å². The molecule has 0 saturated heterocycles. The first-order chi connectivity index (χ1) is 1.00. The summed E-state index contributed by atoms with van der Waals surface area (Å²) >= 11 is 2.41. The fourth-order valence-corrected chi connectivity index (χ4v) is 0. The molecule has 0 aliphatic rings. The normalized spacial score (nSPS) is 1.50. The van der Waals surface area contributed by atoms with Crippen molar-refractivity contribution in [1.82, 2.24) is 0 Å². The van der Waals surface area contributed by atoms with E-state index in [1.807, 2.05) is 0 Å². The maximum atomic E-state index is 4.45. The fraction of sp³-hybridized carbons (Fsp3) is 0. The fourth-order valence-electron chi connectivity index (χ4n) is 0. The quantitative estimate of drug-likeness (QED) is 0.464. The third-order valence-corrected chi connectivity index (χ3v) is 0. The van der Waals surface area contributed by atoms with Gasteiger partial charge in [-0.1, -0.05) is 0 Å². The maximum absolute atomic E-state index is 4.45. The Hall–Kier alpha value is 2.24. The summed E-state index contributed by atoms with van der Waals surface area (Å²) in [6.07, 6.45) is 0. The van der Waals surface area contributed by atoms with Crippen LogP contribution in [0.15, 0.2) is 0 Å². The van der Waals surface area contributed by atoms with Crippen molar-refractivity contribution in [2.24, 2.45) is 0 Å².